The molecule has 0 aliphatic rings. The van der Waals surface area contributed by atoms with E-state index in [-0.39, 0.29) is 0 Å². The second-order valence-corrected chi connectivity index (χ2v) is 6.45. The molecule has 0 saturated carbocycles. The van der Waals surface area contributed by atoms with Crippen LogP contribution in [0.25, 0.3) is 27.5 Å². The van der Waals surface area contributed by atoms with Gasteiger partial charge in [-0.05, 0) is 49.6 Å². The Morgan fingerprint density at radius 3 is 2.58 bits per heavy atom. The lowest BCUT2D eigenvalue weighted by Gasteiger charge is -2.09. The zero-order chi connectivity index (χ0) is 18.5. The smallest absolute Gasteiger partial charge is 0.0543 e. The zero-order valence-electron chi connectivity index (χ0n) is 15.6. The quantitative estimate of drug-likeness (QED) is 0.418. The van der Waals surface area contributed by atoms with Gasteiger partial charge in [-0.25, -0.2) is 0 Å². The Kier molecular flexibility index (Phi) is 5.38. The van der Waals surface area contributed by atoms with E-state index in [1.165, 1.54) is 27.4 Å². The SMILES string of the molecule is C=C/C(=C\C(=C)n1c2ccccc2c2ccc(C)cc21)C/C=C\C=C/C. The number of nitrogens with zero attached hydrogens (tertiary/aromatic N) is 1. The Balaban J connectivity index is 2.10. The van der Waals surface area contributed by atoms with Crippen molar-refractivity contribution in [2.45, 2.75) is 20.3 Å². The number of rotatable bonds is 6. The molecule has 1 heteroatoms. The molecule has 0 amide bonds. The summed E-state index contributed by atoms with van der Waals surface area (Å²) in [6.07, 6.45) is 13.1. The fourth-order valence-corrected chi connectivity index (χ4v) is 3.26. The van der Waals surface area contributed by atoms with E-state index >= 15 is 0 Å². The topological polar surface area (TPSA) is 4.93 Å². The van der Waals surface area contributed by atoms with Crippen molar-refractivity contribution < 1.29 is 0 Å². The van der Waals surface area contributed by atoms with Crippen LogP contribution in [-0.2, 0) is 0 Å². The van der Waals surface area contributed by atoms with E-state index in [9.17, 15) is 0 Å². The van der Waals surface area contributed by atoms with Crippen LogP contribution in [0.3, 0.4) is 0 Å². The summed E-state index contributed by atoms with van der Waals surface area (Å²) in [7, 11) is 0. The Bertz CT molecular complexity index is 1050. The van der Waals surface area contributed by atoms with E-state index in [4.69, 9.17) is 0 Å². The molecule has 0 bridgehead atoms. The average molecular weight is 339 g/mol. The second-order valence-electron chi connectivity index (χ2n) is 6.45. The summed E-state index contributed by atoms with van der Waals surface area (Å²) < 4.78 is 2.25. The van der Waals surface area contributed by atoms with Gasteiger partial charge < -0.3 is 4.57 Å². The van der Waals surface area contributed by atoms with Gasteiger partial charge in [0.25, 0.3) is 0 Å². The summed E-state index contributed by atoms with van der Waals surface area (Å²) in [5, 5.41) is 2.51. The summed E-state index contributed by atoms with van der Waals surface area (Å²) in [5.74, 6) is 0. The Morgan fingerprint density at radius 1 is 1.04 bits per heavy atom. The van der Waals surface area contributed by atoms with Gasteiger partial charge in [0.2, 0.25) is 0 Å². The van der Waals surface area contributed by atoms with E-state index in [2.05, 4.69) is 85.3 Å². The van der Waals surface area contributed by atoms with E-state index in [1.807, 2.05) is 25.2 Å². The van der Waals surface area contributed by atoms with Crippen molar-refractivity contribution in [2.24, 2.45) is 0 Å². The van der Waals surface area contributed by atoms with Gasteiger partial charge in [-0.2, -0.15) is 0 Å². The van der Waals surface area contributed by atoms with Gasteiger partial charge in [0.05, 0.1) is 11.0 Å². The standard InChI is InChI=1S/C25H25N/c1-5-7-8-9-12-21(6-2)18-20(4)26-24-14-11-10-13-22(24)23-16-15-19(3)17-25(23)26/h5-11,13-18H,2,4,12H2,1,3H3/b7-5-,9-8-,21-18+. The number of allylic oxidation sites excluding steroid dienone is 8. The fraction of sp³-hybridized carbons (Fsp3) is 0.120. The van der Waals surface area contributed by atoms with Crippen molar-refractivity contribution in [3.8, 4) is 0 Å². The minimum atomic E-state index is 0.836. The third-order valence-electron chi connectivity index (χ3n) is 4.52. The Labute approximate surface area is 156 Å². The van der Waals surface area contributed by atoms with Crippen molar-refractivity contribution in [1.29, 1.82) is 0 Å². The van der Waals surface area contributed by atoms with Crippen molar-refractivity contribution in [3.63, 3.8) is 0 Å². The van der Waals surface area contributed by atoms with E-state index in [0.29, 0.717) is 0 Å². The largest absolute Gasteiger partial charge is 0.310 e. The van der Waals surface area contributed by atoms with Crippen LogP contribution >= 0.6 is 0 Å². The summed E-state index contributed by atoms with van der Waals surface area (Å²) in [6, 6.07) is 15.1. The molecule has 0 aliphatic carbocycles. The first kappa shape index (κ1) is 17.8. The highest BCUT2D eigenvalue weighted by molar-refractivity contribution is 6.10. The molecule has 0 spiro atoms. The molecule has 1 nitrogen and oxygen atoms in total. The first-order chi connectivity index (χ1) is 12.7. The third kappa shape index (κ3) is 3.48. The zero-order valence-corrected chi connectivity index (χ0v) is 15.6. The number of hydrogen-bond acceptors (Lipinski definition) is 0. The first-order valence-corrected chi connectivity index (χ1v) is 8.95. The Morgan fingerprint density at radius 2 is 1.81 bits per heavy atom. The summed E-state index contributed by atoms with van der Waals surface area (Å²) in [5.41, 5.74) is 5.73. The molecular weight excluding hydrogens is 314 g/mol. The van der Waals surface area contributed by atoms with Crippen LogP contribution in [0, 0.1) is 6.92 Å². The molecule has 0 saturated heterocycles. The van der Waals surface area contributed by atoms with Gasteiger partial charge in [0.15, 0.2) is 0 Å². The molecule has 1 heterocycles. The molecule has 0 atom stereocenters. The van der Waals surface area contributed by atoms with Gasteiger partial charge >= 0.3 is 0 Å². The van der Waals surface area contributed by atoms with E-state index in [0.717, 1.165) is 17.7 Å². The highest BCUT2D eigenvalue weighted by Gasteiger charge is 2.11. The first-order valence-electron chi connectivity index (χ1n) is 8.95. The fourth-order valence-electron chi connectivity index (χ4n) is 3.26. The molecule has 3 aromatic rings. The number of hydrogen-bond donors (Lipinski definition) is 0. The minimum absolute atomic E-state index is 0.836. The maximum absolute atomic E-state index is 4.36. The summed E-state index contributed by atoms with van der Waals surface area (Å²) >= 11 is 0. The van der Waals surface area contributed by atoms with Crippen LogP contribution in [0.2, 0.25) is 0 Å². The van der Waals surface area contributed by atoms with Crippen LogP contribution < -0.4 is 0 Å². The number of fused-ring (bicyclic) bond motifs is 3. The molecule has 2 aromatic carbocycles. The van der Waals surface area contributed by atoms with Crippen LogP contribution in [0.1, 0.15) is 18.9 Å². The molecule has 3 rings (SSSR count). The normalized spacial score (nSPS) is 12.6. The maximum atomic E-state index is 4.36. The second kappa shape index (κ2) is 7.88. The lowest BCUT2D eigenvalue weighted by atomic mass is 10.1. The van der Waals surface area contributed by atoms with Crippen molar-refractivity contribution in [1.82, 2.24) is 4.57 Å². The Hall–Kier alpha value is -3.06. The molecule has 130 valence electrons. The number of benzene rings is 2. The highest BCUT2D eigenvalue weighted by Crippen LogP contribution is 2.32. The monoisotopic (exact) mass is 339 g/mol. The predicted octanol–water partition coefficient (Wildman–Crippen LogP) is 7.21. The minimum Gasteiger partial charge on any atom is -0.310 e. The lowest BCUT2D eigenvalue weighted by molar-refractivity contribution is 1.21. The number of aromatic nitrogens is 1. The highest BCUT2D eigenvalue weighted by atomic mass is 15.0. The van der Waals surface area contributed by atoms with Gasteiger partial charge in [0.1, 0.15) is 0 Å². The molecule has 26 heavy (non-hydrogen) atoms. The number of aryl methyl sites for hydroxylation is 1. The molecule has 0 fully saturated rings. The molecular formula is C25H25N. The number of para-hydroxylation sites is 1. The van der Waals surface area contributed by atoms with E-state index < -0.39 is 0 Å². The molecule has 0 aliphatic heterocycles. The maximum Gasteiger partial charge on any atom is 0.0543 e. The predicted molar refractivity (Wildman–Crippen MR) is 116 cm³/mol. The van der Waals surface area contributed by atoms with Crippen molar-refractivity contribution in [2.75, 3.05) is 0 Å². The lowest BCUT2D eigenvalue weighted by Crippen LogP contribution is -1.94. The van der Waals surface area contributed by atoms with Gasteiger partial charge in [-0.15, -0.1) is 0 Å². The van der Waals surface area contributed by atoms with Crippen LogP contribution in [0.15, 0.2) is 97.7 Å². The molecule has 0 radical (unpaired) electrons. The third-order valence-corrected chi connectivity index (χ3v) is 4.52. The van der Waals surface area contributed by atoms with Crippen LogP contribution in [0.4, 0.5) is 0 Å². The van der Waals surface area contributed by atoms with Crippen molar-refractivity contribution in [3.05, 3.63) is 103 Å². The molecule has 0 N–H and O–H groups in total. The van der Waals surface area contributed by atoms with E-state index in [1.54, 1.807) is 0 Å². The van der Waals surface area contributed by atoms with Crippen molar-refractivity contribution >= 4 is 27.5 Å². The summed E-state index contributed by atoms with van der Waals surface area (Å²) in [6.45, 7) is 12.5. The van der Waals surface area contributed by atoms with Gasteiger partial charge in [0, 0.05) is 16.5 Å². The average Bonchev–Trinajstić information content (AvgIpc) is 2.97. The molecule has 1 aromatic heterocycles. The summed E-state index contributed by atoms with van der Waals surface area (Å²) in [4.78, 5) is 0. The van der Waals surface area contributed by atoms with Crippen LogP contribution in [0.5, 0.6) is 0 Å². The molecule has 0 unspecified atom stereocenters. The van der Waals surface area contributed by atoms with Crippen LogP contribution in [-0.4, -0.2) is 4.57 Å². The van der Waals surface area contributed by atoms with Gasteiger partial charge in [-0.1, -0.05) is 73.9 Å². The van der Waals surface area contributed by atoms with Gasteiger partial charge in [-0.3, -0.25) is 0 Å².